The van der Waals surface area contributed by atoms with Crippen molar-refractivity contribution in [2.45, 2.75) is 43.0 Å². The summed E-state index contributed by atoms with van der Waals surface area (Å²) < 4.78 is 28.8. The Hall–Kier alpha value is -0.110. The molecule has 0 atom stereocenters. The smallest absolute Gasteiger partial charge is 0.243 e. The van der Waals surface area contributed by atoms with Gasteiger partial charge in [-0.05, 0) is 63.8 Å². The van der Waals surface area contributed by atoms with Crippen LogP contribution in [0, 0.1) is 0 Å². The maximum absolute atomic E-state index is 12.5. The highest BCUT2D eigenvalue weighted by atomic mass is 79.9. The van der Waals surface area contributed by atoms with Gasteiger partial charge in [-0.25, -0.2) is 13.1 Å². The number of benzene rings is 1. The topological polar surface area (TPSA) is 72.2 Å². The number of nitrogens with one attached hydrogen (secondary N) is 1. The highest BCUT2D eigenvalue weighted by Gasteiger charge is 2.35. The van der Waals surface area contributed by atoms with E-state index in [0.717, 1.165) is 25.7 Å². The summed E-state index contributed by atoms with van der Waals surface area (Å²) >= 11 is 6.54. The van der Waals surface area contributed by atoms with Gasteiger partial charge in [-0.1, -0.05) is 12.8 Å². The molecular formula is C12H16Br2N2O2S. The molecular weight excluding hydrogens is 396 g/mol. The van der Waals surface area contributed by atoms with Crippen LogP contribution in [-0.2, 0) is 10.0 Å². The molecule has 106 valence electrons. The highest BCUT2D eigenvalue weighted by molar-refractivity contribution is 9.11. The maximum Gasteiger partial charge on any atom is 0.243 e. The molecule has 1 saturated carbocycles. The summed E-state index contributed by atoms with van der Waals surface area (Å²) in [4.78, 5) is 0.204. The molecule has 0 spiro atoms. The van der Waals surface area contributed by atoms with Crippen molar-refractivity contribution in [3.05, 3.63) is 21.1 Å². The first-order valence-corrected chi connectivity index (χ1v) is 9.09. The summed E-state index contributed by atoms with van der Waals surface area (Å²) in [5.74, 6) is 0. The van der Waals surface area contributed by atoms with Crippen LogP contribution in [0.1, 0.15) is 32.6 Å². The number of nitrogens with two attached hydrogens (primary N) is 1. The van der Waals surface area contributed by atoms with E-state index in [-0.39, 0.29) is 10.4 Å². The van der Waals surface area contributed by atoms with Gasteiger partial charge in [0.15, 0.2) is 0 Å². The molecule has 1 aromatic carbocycles. The summed E-state index contributed by atoms with van der Waals surface area (Å²) in [5.41, 5.74) is 5.84. The maximum atomic E-state index is 12.5. The van der Waals surface area contributed by atoms with Gasteiger partial charge >= 0.3 is 0 Å². The van der Waals surface area contributed by atoms with Crippen molar-refractivity contribution in [1.29, 1.82) is 0 Å². The number of anilines is 1. The quantitative estimate of drug-likeness (QED) is 0.748. The molecule has 0 amide bonds. The van der Waals surface area contributed by atoms with Crippen LogP contribution in [0.4, 0.5) is 5.69 Å². The Bertz CT molecular complexity index is 573. The number of hydrogen-bond acceptors (Lipinski definition) is 3. The van der Waals surface area contributed by atoms with Crippen LogP contribution in [-0.4, -0.2) is 14.0 Å². The van der Waals surface area contributed by atoms with E-state index in [1.54, 1.807) is 12.1 Å². The van der Waals surface area contributed by atoms with Gasteiger partial charge in [0.05, 0.1) is 0 Å². The Balaban J connectivity index is 2.40. The SMILES string of the molecule is CC1(NS(=O)(=O)c2c(Br)cc(N)cc2Br)CCCC1. The fraction of sp³-hybridized carbons (Fsp3) is 0.500. The Morgan fingerprint density at radius 2 is 1.68 bits per heavy atom. The van der Waals surface area contributed by atoms with Crippen molar-refractivity contribution < 1.29 is 8.42 Å². The van der Waals surface area contributed by atoms with Crippen molar-refractivity contribution in [1.82, 2.24) is 4.72 Å². The standard InChI is InChI=1S/C12H16Br2N2O2S/c1-12(4-2-3-5-12)16-19(17,18)11-9(13)6-8(15)7-10(11)14/h6-7,16H,2-5,15H2,1H3. The van der Waals surface area contributed by atoms with Crippen molar-refractivity contribution in [3.63, 3.8) is 0 Å². The van der Waals surface area contributed by atoms with Gasteiger partial charge in [-0.3, -0.25) is 0 Å². The fourth-order valence-corrected chi connectivity index (χ4v) is 6.56. The highest BCUT2D eigenvalue weighted by Crippen LogP contribution is 2.35. The third kappa shape index (κ3) is 3.32. The predicted molar refractivity (Wildman–Crippen MR) is 83.4 cm³/mol. The number of sulfonamides is 1. The van der Waals surface area contributed by atoms with Gasteiger partial charge in [-0.15, -0.1) is 0 Å². The minimum absolute atomic E-state index is 0.204. The van der Waals surface area contributed by atoms with Crippen LogP contribution >= 0.6 is 31.9 Å². The minimum atomic E-state index is -3.58. The summed E-state index contributed by atoms with van der Waals surface area (Å²) in [6.07, 6.45) is 3.86. The molecule has 0 heterocycles. The second kappa shape index (κ2) is 5.35. The first kappa shape index (κ1) is 15.3. The third-order valence-corrected chi connectivity index (χ3v) is 6.89. The summed E-state index contributed by atoms with van der Waals surface area (Å²) in [6.45, 7) is 1.96. The molecule has 7 heteroatoms. The van der Waals surface area contributed by atoms with E-state index in [1.165, 1.54) is 0 Å². The van der Waals surface area contributed by atoms with Crippen molar-refractivity contribution in [3.8, 4) is 0 Å². The van der Waals surface area contributed by atoms with E-state index in [9.17, 15) is 8.42 Å². The zero-order chi connectivity index (χ0) is 14.3. The molecule has 0 saturated heterocycles. The lowest BCUT2D eigenvalue weighted by atomic mass is 10.0. The predicted octanol–water partition coefficient (Wildman–Crippen LogP) is 3.40. The van der Waals surface area contributed by atoms with Crippen LogP contribution in [0.5, 0.6) is 0 Å². The molecule has 1 fully saturated rings. The lowest BCUT2D eigenvalue weighted by molar-refractivity contribution is 0.427. The Kier molecular flexibility index (Phi) is 4.30. The molecule has 19 heavy (non-hydrogen) atoms. The molecule has 1 aliphatic rings. The van der Waals surface area contributed by atoms with Crippen LogP contribution < -0.4 is 10.5 Å². The van der Waals surface area contributed by atoms with E-state index in [2.05, 4.69) is 36.6 Å². The molecule has 1 aromatic rings. The van der Waals surface area contributed by atoms with Crippen molar-refractivity contribution in [2.24, 2.45) is 0 Å². The van der Waals surface area contributed by atoms with Crippen LogP contribution in [0.15, 0.2) is 26.0 Å². The van der Waals surface area contributed by atoms with E-state index in [0.29, 0.717) is 14.6 Å². The van der Waals surface area contributed by atoms with Gasteiger partial charge in [-0.2, -0.15) is 0 Å². The molecule has 2 rings (SSSR count). The van der Waals surface area contributed by atoms with Gasteiger partial charge in [0.2, 0.25) is 10.0 Å². The van der Waals surface area contributed by atoms with Gasteiger partial charge in [0, 0.05) is 20.2 Å². The Labute approximate surface area is 130 Å². The first-order chi connectivity index (χ1) is 8.73. The number of nitrogen functional groups attached to an aromatic ring is 1. The molecule has 0 aliphatic heterocycles. The molecule has 3 N–H and O–H groups in total. The van der Waals surface area contributed by atoms with Crippen molar-refractivity contribution in [2.75, 3.05) is 5.73 Å². The molecule has 1 aliphatic carbocycles. The van der Waals surface area contributed by atoms with E-state index >= 15 is 0 Å². The fourth-order valence-electron chi connectivity index (χ4n) is 2.47. The molecule has 0 aromatic heterocycles. The van der Waals surface area contributed by atoms with Gasteiger partial charge < -0.3 is 5.73 Å². The van der Waals surface area contributed by atoms with Crippen LogP contribution in [0.25, 0.3) is 0 Å². The second-order valence-electron chi connectivity index (χ2n) is 5.19. The zero-order valence-electron chi connectivity index (χ0n) is 10.5. The van der Waals surface area contributed by atoms with Gasteiger partial charge in [0.25, 0.3) is 0 Å². The average molecular weight is 412 g/mol. The zero-order valence-corrected chi connectivity index (χ0v) is 14.5. The first-order valence-electron chi connectivity index (χ1n) is 6.02. The average Bonchev–Trinajstić information content (AvgIpc) is 2.60. The lowest BCUT2D eigenvalue weighted by Gasteiger charge is -2.25. The minimum Gasteiger partial charge on any atom is -0.399 e. The molecule has 0 radical (unpaired) electrons. The van der Waals surface area contributed by atoms with Gasteiger partial charge in [0.1, 0.15) is 4.90 Å². The number of rotatable bonds is 3. The molecule has 4 nitrogen and oxygen atoms in total. The van der Waals surface area contributed by atoms with E-state index in [4.69, 9.17) is 5.73 Å². The van der Waals surface area contributed by atoms with Crippen molar-refractivity contribution >= 4 is 47.6 Å². The second-order valence-corrected chi connectivity index (χ2v) is 8.51. The normalized spacial score (nSPS) is 18.7. The summed E-state index contributed by atoms with van der Waals surface area (Å²) in [7, 11) is -3.58. The number of hydrogen-bond donors (Lipinski definition) is 2. The number of halogens is 2. The Morgan fingerprint density at radius 1 is 1.21 bits per heavy atom. The largest absolute Gasteiger partial charge is 0.399 e. The summed E-state index contributed by atoms with van der Waals surface area (Å²) in [5, 5.41) is 0. The van der Waals surface area contributed by atoms with Crippen LogP contribution in [0.2, 0.25) is 0 Å². The monoisotopic (exact) mass is 410 g/mol. The van der Waals surface area contributed by atoms with E-state index in [1.807, 2.05) is 6.92 Å². The van der Waals surface area contributed by atoms with Crippen LogP contribution in [0.3, 0.4) is 0 Å². The summed E-state index contributed by atoms with van der Waals surface area (Å²) in [6, 6.07) is 3.19. The lowest BCUT2D eigenvalue weighted by Crippen LogP contribution is -2.43. The third-order valence-electron chi connectivity index (χ3n) is 3.38. The Morgan fingerprint density at radius 3 is 2.16 bits per heavy atom. The van der Waals surface area contributed by atoms with E-state index < -0.39 is 10.0 Å². The molecule has 0 unspecified atom stereocenters. The molecule has 0 bridgehead atoms.